The summed E-state index contributed by atoms with van der Waals surface area (Å²) in [5, 5.41) is 11.2. The van der Waals surface area contributed by atoms with E-state index < -0.39 is 0 Å². The molecule has 3 rings (SSSR count). The molecule has 0 saturated carbocycles. The third-order valence-electron chi connectivity index (χ3n) is 4.52. The van der Waals surface area contributed by atoms with E-state index in [-0.39, 0.29) is 29.7 Å². The average Bonchev–Trinajstić information content (AvgIpc) is 3.20. The van der Waals surface area contributed by atoms with E-state index in [1.165, 1.54) is 0 Å². The maximum Gasteiger partial charge on any atom is 0.345 e. The van der Waals surface area contributed by atoms with Crippen LogP contribution in [-0.4, -0.2) is 39.4 Å². The molecule has 1 aliphatic heterocycles. The first-order valence-electron chi connectivity index (χ1n) is 9.14. The lowest BCUT2D eigenvalue weighted by Gasteiger charge is -2.16. The number of fused-ring (bicyclic) bond motifs is 1. The van der Waals surface area contributed by atoms with E-state index in [1.54, 1.807) is 4.68 Å². The van der Waals surface area contributed by atoms with Crippen molar-refractivity contribution in [2.45, 2.75) is 64.6 Å². The normalized spacial score (nSPS) is 17.2. The smallest absolute Gasteiger partial charge is 0.345 e. The molecule has 7 nitrogen and oxygen atoms in total. The zero-order valence-corrected chi connectivity index (χ0v) is 17.2. The molecule has 2 aliphatic rings. The number of aryl methyl sites for hydroxylation is 2. The van der Waals surface area contributed by atoms with Gasteiger partial charge in [-0.25, -0.2) is 9.48 Å². The first-order valence-corrected chi connectivity index (χ1v) is 9.14. The second kappa shape index (κ2) is 9.98. The second-order valence-electron chi connectivity index (χ2n) is 6.43. The van der Waals surface area contributed by atoms with Crippen LogP contribution in [-0.2, 0) is 19.5 Å². The summed E-state index contributed by atoms with van der Waals surface area (Å²) in [6.07, 6.45) is 10.5. The Labute approximate surface area is 166 Å². The number of halogens is 1. The fourth-order valence-corrected chi connectivity index (χ4v) is 3.25. The molecule has 1 aliphatic carbocycles. The molecule has 0 unspecified atom stereocenters. The van der Waals surface area contributed by atoms with Gasteiger partial charge in [0.15, 0.2) is 5.96 Å². The van der Waals surface area contributed by atoms with E-state index in [0.717, 1.165) is 63.4 Å². The minimum atomic E-state index is 0. The Morgan fingerprint density at radius 3 is 2.88 bits per heavy atom. The molecule has 8 heteroatoms. The monoisotopic (exact) mass is 460 g/mol. The van der Waals surface area contributed by atoms with Crippen molar-refractivity contribution < 1.29 is 0 Å². The fourth-order valence-electron chi connectivity index (χ4n) is 3.25. The molecule has 0 aromatic carbocycles. The molecule has 0 amide bonds. The third-order valence-corrected chi connectivity index (χ3v) is 4.52. The number of hydrogen-bond donors (Lipinski definition) is 2. The molecule has 140 valence electrons. The van der Waals surface area contributed by atoms with Gasteiger partial charge in [-0.3, -0.25) is 9.56 Å². The molecular weight excluding hydrogens is 431 g/mol. The Morgan fingerprint density at radius 2 is 2.16 bits per heavy atom. The van der Waals surface area contributed by atoms with Crippen molar-refractivity contribution in [3.05, 3.63) is 28.5 Å². The van der Waals surface area contributed by atoms with E-state index >= 15 is 0 Å². The van der Waals surface area contributed by atoms with Crippen LogP contribution in [0.1, 0.15) is 44.9 Å². The quantitative estimate of drug-likeness (QED) is 0.223. The number of aromatic nitrogens is 3. The molecule has 1 aromatic rings. The number of nitrogens with zero attached hydrogens (tertiary/aromatic N) is 4. The highest BCUT2D eigenvalue weighted by Crippen LogP contribution is 2.10. The van der Waals surface area contributed by atoms with Crippen molar-refractivity contribution in [1.29, 1.82) is 0 Å². The Kier molecular flexibility index (Phi) is 7.98. The van der Waals surface area contributed by atoms with Crippen molar-refractivity contribution in [1.82, 2.24) is 25.0 Å². The predicted octanol–water partition coefficient (Wildman–Crippen LogP) is 1.66. The highest BCUT2D eigenvalue weighted by Gasteiger charge is 2.16. The Balaban J connectivity index is 0.00000225. The van der Waals surface area contributed by atoms with Crippen LogP contribution in [0.15, 0.2) is 21.9 Å². The van der Waals surface area contributed by atoms with Crippen molar-refractivity contribution in [3.63, 3.8) is 0 Å². The molecule has 2 N–H and O–H groups in total. The van der Waals surface area contributed by atoms with Crippen LogP contribution in [0.4, 0.5) is 0 Å². The van der Waals surface area contributed by atoms with Gasteiger partial charge in [0.2, 0.25) is 0 Å². The summed E-state index contributed by atoms with van der Waals surface area (Å²) in [6, 6.07) is 0.449. The second-order valence-corrected chi connectivity index (χ2v) is 6.43. The van der Waals surface area contributed by atoms with Crippen molar-refractivity contribution in [2.75, 3.05) is 13.1 Å². The summed E-state index contributed by atoms with van der Waals surface area (Å²) in [4.78, 5) is 16.9. The maximum atomic E-state index is 12.3. The van der Waals surface area contributed by atoms with Gasteiger partial charge in [-0.05, 0) is 39.0 Å². The Morgan fingerprint density at radius 1 is 1.36 bits per heavy atom. The first kappa shape index (κ1) is 20.0. The molecule has 2 heterocycles. The van der Waals surface area contributed by atoms with Crippen LogP contribution >= 0.6 is 24.0 Å². The van der Waals surface area contributed by atoms with Crippen LogP contribution in [0.5, 0.6) is 0 Å². The van der Waals surface area contributed by atoms with Gasteiger partial charge in [-0.2, -0.15) is 5.10 Å². The zero-order valence-electron chi connectivity index (χ0n) is 14.9. The highest BCUT2D eigenvalue weighted by atomic mass is 127. The standard InChI is InChI=1S/C17H28N6O.HI/c1-2-18-16(20-14-8-3-4-9-14)19-11-7-13-23-17(24)22-12-6-5-10-15(22)21-23;/h3-4,14H,2,5-13H2,1H3,(H2,18,19,20);1H. The first-order chi connectivity index (χ1) is 11.8. The van der Waals surface area contributed by atoms with E-state index in [2.05, 4.69) is 39.8 Å². The fraction of sp³-hybridized carbons (Fsp3) is 0.706. The number of nitrogens with one attached hydrogen (secondary N) is 2. The number of aliphatic imine (C=N–C) groups is 1. The molecule has 0 bridgehead atoms. The lowest BCUT2D eigenvalue weighted by molar-refractivity contribution is 0.509. The predicted molar refractivity (Wildman–Crippen MR) is 111 cm³/mol. The van der Waals surface area contributed by atoms with E-state index in [0.29, 0.717) is 19.1 Å². The van der Waals surface area contributed by atoms with Gasteiger partial charge < -0.3 is 10.6 Å². The molecule has 0 radical (unpaired) electrons. The maximum absolute atomic E-state index is 12.3. The summed E-state index contributed by atoms with van der Waals surface area (Å²) in [7, 11) is 0. The summed E-state index contributed by atoms with van der Waals surface area (Å²) in [5.41, 5.74) is 0.0377. The molecule has 25 heavy (non-hydrogen) atoms. The van der Waals surface area contributed by atoms with Gasteiger partial charge in [-0.15, -0.1) is 24.0 Å². The van der Waals surface area contributed by atoms with Gasteiger partial charge >= 0.3 is 5.69 Å². The van der Waals surface area contributed by atoms with Gasteiger partial charge in [0, 0.05) is 38.6 Å². The molecular formula is C17H29IN6O. The van der Waals surface area contributed by atoms with Gasteiger partial charge in [0.05, 0.1) is 0 Å². The minimum Gasteiger partial charge on any atom is -0.357 e. The lowest BCUT2D eigenvalue weighted by atomic mass is 10.2. The van der Waals surface area contributed by atoms with Gasteiger partial charge in [-0.1, -0.05) is 12.2 Å². The van der Waals surface area contributed by atoms with Crippen LogP contribution in [0, 0.1) is 0 Å². The number of guanidine groups is 1. The highest BCUT2D eigenvalue weighted by molar-refractivity contribution is 14.0. The molecule has 1 aromatic heterocycles. The van der Waals surface area contributed by atoms with Crippen molar-refractivity contribution in [2.24, 2.45) is 4.99 Å². The lowest BCUT2D eigenvalue weighted by Crippen LogP contribution is -2.42. The number of hydrogen-bond acceptors (Lipinski definition) is 3. The summed E-state index contributed by atoms with van der Waals surface area (Å²) >= 11 is 0. The van der Waals surface area contributed by atoms with E-state index in [9.17, 15) is 4.79 Å². The van der Waals surface area contributed by atoms with Gasteiger partial charge in [0.25, 0.3) is 0 Å². The minimum absolute atomic E-state index is 0. The van der Waals surface area contributed by atoms with Crippen LogP contribution in [0.25, 0.3) is 0 Å². The largest absolute Gasteiger partial charge is 0.357 e. The molecule has 0 atom stereocenters. The number of rotatable bonds is 6. The topological polar surface area (TPSA) is 76.2 Å². The Hall–Kier alpha value is -1.32. The Bertz CT molecular complexity index is 655. The van der Waals surface area contributed by atoms with Crippen molar-refractivity contribution in [3.8, 4) is 0 Å². The SMILES string of the molecule is CCNC(=NCCCn1nc2n(c1=O)CCCC2)NC1CC=CC1.I. The molecule has 0 spiro atoms. The molecule has 0 saturated heterocycles. The zero-order chi connectivity index (χ0) is 16.8. The van der Waals surface area contributed by atoms with E-state index in [1.807, 2.05) is 4.57 Å². The van der Waals surface area contributed by atoms with Crippen LogP contribution < -0.4 is 16.3 Å². The van der Waals surface area contributed by atoms with Crippen LogP contribution in [0.2, 0.25) is 0 Å². The average molecular weight is 460 g/mol. The van der Waals surface area contributed by atoms with Crippen molar-refractivity contribution >= 4 is 29.9 Å². The summed E-state index contributed by atoms with van der Waals surface area (Å²) < 4.78 is 3.43. The van der Waals surface area contributed by atoms with Crippen LogP contribution in [0.3, 0.4) is 0 Å². The third kappa shape index (κ3) is 5.32. The van der Waals surface area contributed by atoms with E-state index in [4.69, 9.17) is 0 Å². The van der Waals surface area contributed by atoms with Gasteiger partial charge in [0.1, 0.15) is 5.82 Å². The summed E-state index contributed by atoms with van der Waals surface area (Å²) in [5.74, 6) is 1.81. The molecule has 0 fully saturated rings. The summed E-state index contributed by atoms with van der Waals surface area (Å²) in [6.45, 7) is 5.05.